The third-order valence-electron chi connectivity index (χ3n) is 7.14. The van der Waals surface area contributed by atoms with E-state index in [2.05, 4.69) is 68.2 Å². The van der Waals surface area contributed by atoms with Gasteiger partial charge in [0.15, 0.2) is 5.65 Å². The molecule has 1 fully saturated rings. The van der Waals surface area contributed by atoms with Crippen molar-refractivity contribution in [2.45, 2.75) is 39.4 Å². The quantitative estimate of drug-likeness (QED) is 0.347. The van der Waals surface area contributed by atoms with Gasteiger partial charge in [-0.2, -0.15) is 5.10 Å². The molecule has 6 rings (SSSR count). The molecule has 1 aliphatic rings. The van der Waals surface area contributed by atoms with Crippen molar-refractivity contribution in [1.29, 1.82) is 0 Å². The zero-order chi connectivity index (χ0) is 26.2. The molecule has 0 radical (unpaired) electrons. The number of hydrogen-bond donors (Lipinski definition) is 1. The van der Waals surface area contributed by atoms with Crippen molar-refractivity contribution in [3.8, 4) is 22.8 Å². The summed E-state index contributed by atoms with van der Waals surface area (Å²) in [5.41, 5.74) is 4.94. The second kappa shape index (κ2) is 9.94. The molecule has 1 N–H and O–H groups in total. The number of anilines is 1. The largest absolute Gasteiger partial charge is 0.492 e. The summed E-state index contributed by atoms with van der Waals surface area (Å²) in [6.07, 6.45) is 7.57. The monoisotopic (exact) mass is 512 g/mol. The number of pyridine rings is 3. The Morgan fingerprint density at radius 1 is 1.03 bits per heavy atom. The van der Waals surface area contributed by atoms with Gasteiger partial charge in [-0.1, -0.05) is 6.07 Å². The first-order chi connectivity index (χ1) is 18.5. The molecule has 2 atom stereocenters. The van der Waals surface area contributed by atoms with Crippen LogP contribution in [0.15, 0.2) is 55.1 Å². The van der Waals surface area contributed by atoms with Gasteiger partial charge in [0.2, 0.25) is 5.88 Å². The van der Waals surface area contributed by atoms with E-state index in [1.54, 1.807) is 7.11 Å². The van der Waals surface area contributed by atoms with Gasteiger partial charge >= 0.3 is 0 Å². The van der Waals surface area contributed by atoms with Gasteiger partial charge in [0.1, 0.15) is 11.6 Å². The minimum atomic E-state index is 0.316. The summed E-state index contributed by atoms with van der Waals surface area (Å²) in [6.45, 7) is 9.86. The standard InChI is InChI=1S/C28H32N8O2/c1-5-38-22-10-23(27-24-13-31-32-28(24)33-35(27)17-22)21-7-8-25(29-12-21)36-18(2)14-34(15-19(36)3)16-20-6-9-26(37-4)30-11-20/h6-13,17-19H,5,14-16H2,1-4H3,(H,32,33). The van der Waals surface area contributed by atoms with Gasteiger partial charge < -0.3 is 14.4 Å². The van der Waals surface area contributed by atoms with E-state index in [0.29, 0.717) is 24.6 Å². The summed E-state index contributed by atoms with van der Waals surface area (Å²) in [5.74, 6) is 2.39. The van der Waals surface area contributed by atoms with Gasteiger partial charge in [-0.25, -0.2) is 14.5 Å². The Balaban J connectivity index is 1.24. The average molecular weight is 513 g/mol. The fourth-order valence-corrected chi connectivity index (χ4v) is 5.60. The predicted octanol–water partition coefficient (Wildman–Crippen LogP) is 4.17. The Morgan fingerprint density at radius 2 is 1.87 bits per heavy atom. The first-order valence-corrected chi connectivity index (χ1v) is 13.0. The van der Waals surface area contributed by atoms with Crippen LogP contribution in [0.2, 0.25) is 0 Å². The van der Waals surface area contributed by atoms with E-state index < -0.39 is 0 Å². The molecule has 0 aliphatic carbocycles. The van der Waals surface area contributed by atoms with Gasteiger partial charge in [0.05, 0.1) is 37.0 Å². The molecule has 0 aromatic carbocycles. The second-order valence-electron chi connectivity index (χ2n) is 9.86. The first kappa shape index (κ1) is 24.2. The van der Waals surface area contributed by atoms with Gasteiger partial charge in [-0.05, 0) is 44.5 Å². The number of aromatic nitrogens is 6. The lowest BCUT2D eigenvalue weighted by Crippen LogP contribution is -2.56. The van der Waals surface area contributed by atoms with Gasteiger partial charge in [0, 0.05) is 61.3 Å². The molecule has 0 amide bonds. The van der Waals surface area contributed by atoms with E-state index in [0.717, 1.165) is 58.9 Å². The van der Waals surface area contributed by atoms with Crippen LogP contribution in [-0.2, 0) is 6.54 Å². The minimum Gasteiger partial charge on any atom is -0.492 e. The molecule has 1 aliphatic heterocycles. The van der Waals surface area contributed by atoms with Crippen LogP contribution in [0.1, 0.15) is 26.3 Å². The van der Waals surface area contributed by atoms with Crippen LogP contribution >= 0.6 is 0 Å². The van der Waals surface area contributed by atoms with Crippen LogP contribution in [0.25, 0.3) is 27.7 Å². The Hall–Kier alpha value is -4.18. The molecule has 10 nitrogen and oxygen atoms in total. The van der Waals surface area contributed by atoms with Crippen molar-refractivity contribution < 1.29 is 9.47 Å². The van der Waals surface area contributed by atoms with Crippen LogP contribution in [0.3, 0.4) is 0 Å². The maximum Gasteiger partial charge on any atom is 0.212 e. The van der Waals surface area contributed by atoms with Crippen molar-refractivity contribution in [2.75, 3.05) is 31.7 Å². The highest BCUT2D eigenvalue weighted by atomic mass is 16.5. The zero-order valence-electron chi connectivity index (χ0n) is 22.1. The topological polar surface area (TPSA) is 96.7 Å². The van der Waals surface area contributed by atoms with Crippen molar-refractivity contribution in [3.63, 3.8) is 0 Å². The molecule has 0 saturated carbocycles. The van der Waals surface area contributed by atoms with E-state index >= 15 is 0 Å². The molecule has 0 bridgehead atoms. The molecule has 1 saturated heterocycles. The fourth-order valence-electron chi connectivity index (χ4n) is 5.60. The predicted molar refractivity (Wildman–Crippen MR) is 147 cm³/mol. The number of rotatable bonds is 7. The SMILES string of the molecule is CCOc1cc(-c2ccc(N3C(C)CN(Cc4ccc(OC)nc4)CC3C)nc2)c2c3cn[nH]c3nn2c1. The van der Waals surface area contributed by atoms with E-state index in [4.69, 9.17) is 14.5 Å². The maximum absolute atomic E-state index is 5.83. The molecule has 2 unspecified atom stereocenters. The fraction of sp³-hybridized carbons (Fsp3) is 0.357. The molecule has 196 valence electrons. The van der Waals surface area contributed by atoms with Crippen LogP contribution in [0.5, 0.6) is 11.6 Å². The highest BCUT2D eigenvalue weighted by molar-refractivity contribution is 6.00. The summed E-state index contributed by atoms with van der Waals surface area (Å²) < 4.78 is 12.9. The molecule has 0 spiro atoms. The number of aromatic amines is 1. The van der Waals surface area contributed by atoms with Crippen LogP contribution < -0.4 is 14.4 Å². The van der Waals surface area contributed by atoms with Crippen molar-refractivity contribution in [2.24, 2.45) is 0 Å². The number of H-pyrrole nitrogens is 1. The van der Waals surface area contributed by atoms with E-state index in [-0.39, 0.29) is 0 Å². The number of methoxy groups -OCH3 is 1. The second-order valence-corrected chi connectivity index (χ2v) is 9.86. The number of hydrogen-bond acceptors (Lipinski definition) is 8. The van der Waals surface area contributed by atoms with Crippen LogP contribution in [-0.4, -0.2) is 73.6 Å². The maximum atomic E-state index is 5.83. The van der Waals surface area contributed by atoms with E-state index in [1.807, 2.05) is 42.3 Å². The van der Waals surface area contributed by atoms with Crippen LogP contribution in [0, 0.1) is 0 Å². The lowest BCUT2D eigenvalue weighted by atomic mass is 10.0. The normalized spacial score (nSPS) is 18.4. The summed E-state index contributed by atoms with van der Waals surface area (Å²) in [5, 5.41) is 12.7. The Bertz CT molecular complexity index is 1530. The molecule has 5 aromatic heterocycles. The lowest BCUT2D eigenvalue weighted by Gasteiger charge is -2.45. The third kappa shape index (κ3) is 4.41. The molecule has 38 heavy (non-hydrogen) atoms. The number of nitrogens with zero attached hydrogens (tertiary/aromatic N) is 7. The highest BCUT2D eigenvalue weighted by Crippen LogP contribution is 2.34. The molecule has 6 heterocycles. The van der Waals surface area contributed by atoms with Gasteiger partial charge in [0.25, 0.3) is 0 Å². The summed E-state index contributed by atoms with van der Waals surface area (Å²) in [6, 6.07) is 11.0. The summed E-state index contributed by atoms with van der Waals surface area (Å²) in [7, 11) is 1.64. The van der Waals surface area contributed by atoms with Crippen molar-refractivity contribution >= 4 is 22.4 Å². The molecular weight excluding hydrogens is 480 g/mol. The molecule has 5 aromatic rings. The van der Waals surface area contributed by atoms with Gasteiger partial charge in [-0.15, -0.1) is 5.10 Å². The Labute approximate surface area is 221 Å². The number of fused-ring (bicyclic) bond motifs is 3. The zero-order valence-corrected chi connectivity index (χ0v) is 22.1. The van der Waals surface area contributed by atoms with Crippen molar-refractivity contribution in [3.05, 3.63) is 60.7 Å². The number of ether oxygens (including phenoxy) is 2. The highest BCUT2D eigenvalue weighted by Gasteiger charge is 2.30. The number of piperazine rings is 1. The lowest BCUT2D eigenvalue weighted by molar-refractivity contribution is 0.191. The molecular formula is C28H32N8O2. The smallest absolute Gasteiger partial charge is 0.212 e. The molecule has 10 heteroatoms. The van der Waals surface area contributed by atoms with Crippen LogP contribution in [0.4, 0.5) is 5.82 Å². The first-order valence-electron chi connectivity index (χ1n) is 13.0. The Morgan fingerprint density at radius 3 is 2.55 bits per heavy atom. The van der Waals surface area contributed by atoms with Gasteiger partial charge in [-0.3, -0.25) is 10.00 Å². The van der Waals surface area contributed by atoms with Crippen molar-refractivity contribution in [1.82, 2.24) is 34.7 Å². The van der Waals surface area contributed by atoms with E-state index in [9.17, 15) is 0 Å². The third-order valence-corrected chi connectivity index (χ3v) is 7.14. The van der Waals surface area contributed by atoms with E-state index in [1.165, 1.54) is 5.56 Å². The summed E-state index contributed by atoms with van der Waals surface area (Å²) in [4.78, 5) is 14.2. The summed E-state index contributed by atoms with van der Waals surface area (Å²) >= 11 is 0. The minimum absolute atomic E-state index is 0.316. The Kier molecular flexibility index (Phi) is 6.32. The average Bonchev–Trinajstić information content (AvgIpc) is 3.50. The number of nitrogens with one attached hydrogen (secondary N) is 1.